The van der Waals surface area contributed by atoms with Crippen LogP contribution in [0.3, 0.4) is 0 Å². The van der Waals surface area contributed by atoms with Crippen molar-refractivity contribution in [2.45, 2.75) is 0 Å². The Morgan fingerprint density at radius 3 is 2.32 bits per heavy atom. The number of carbonyl (C=O) groups is 2. The van der Waals surface area contributed by atoms with Crippen molar-refractivity contribution in [1.82, 2.24) is 4.90 Å². The van der Waals surface area contributed by atoms with Gasteiger partial charge < -0.3 is 14.4 Å². The van der Waals surface area contributed by atoms with Crippen molar-refractivity contribution in [3.63, 3.8) is 0 Å². The maximum atomic E-state index is 12.7. The first-order valence-corrected chi connectivity index (χ1v) is 8.40. The zero-order chi connectivity index (χ0) is 17.6. The summed E-state index contributed by atoms with van der Waals surface area (Å²) in [6.07, 6.45) is 0. The molecule has 0 unspecified atom stereocenters. The fourth-order valence-electron chi connectivity index (χ4n) is 2.61. The lowest BCUT2D eigenvalue weighted by molar-refractivity contribution is 0.0301. The van der Waals surface area contributed by atoms with Gasteiger partial charge in [0.25, 0.3) is 5.91 Å². The number of amides is 1. The lowest BCUT2D eigenvalue weighted by Gasteiger charge is -2.27. The Hall–Kier alpha value is -2.37. The van der Waals surface area contributed by atoms with Crippen molar-refractivity contribution in [3.05, 3.63) is 64.7 Å². The van der Waals surface area contributed by atoms with Crippen LogP contribution < -0.4 is 4.74 Å². The third kappa shape index (κ3) is 4.38. The fraction of sp³-hybridized carbons (Fsp3) is 0.263. The van der Waals surface area contributed by atoms with Crippen LogP contribution in [0.4, 0.5) is 0 Å². The summed E-state index contributed by atoms with van der Waals surface area (Å²) in [6.45, 7) is 1.95. The topological polar surface area (TPSA) is 55.8 Å². The molecule has 1 aliphatic rings. The Kier molecular flexibility index (Phi) is 5.68. The molecule has 25 heavy (non-hydrogen) atoms. The van der Waals surface area contributed by atoms with Gasteiger partial charge >= 0.3 is 0 Å². The third-order valence-electron chi connectivity index (χ3n) is 3.94. The number of ether oxygens (including phenoxy) is 2. The van der Waals surface area contributed by atoms with Gasteiger partial charge in [-0.3, -0.25) is 9.59 Å². The van der Waals surface area contributed by atoms with Gasteiger partial charge in [0, 0.05) is 23.7 Å². The monoisotopic (exact) mass is 359 g/mol. The lowest BCUT2D eigenvalue weighted by Crippen LogP contribution is -2.41. The van der Waals surface area contributed by atoms with E-state index in [1.54, 1.807) is 53.4 Å². The maximum Gasteiger partial charge on any atom is 0.254 e. The molecule has 1 fully saturated rings. The van der Waals surface area contributed by atoms with Gasteiger partial charge in [-0.25, -0.2) is 0 Å². The molecule has 0 saturated carbocycles. The number of morpholine rings is 1. The first-order valence-electron chi connectivity index (χ1n) is 8.03. The average Bonchev–Trinajstić information content (AvgIpc) is 2.67. The lowest BCUT2D eigenvalue weighted by atomic mass is 10.0. The Morgan fingerprint density at radius 1 is 1.00 bits per heavy atom. The Bertz CT molecular complexity index is 754. The van der Waals surface area contributed by atoms with E-state index in [4.69, 9.17) is 21.1 Å². The van der Waals surface area contributed by atoms with E-state index in [2.05, 4.69) is 0 Å². The summed E-state index contributed by atoms with van der Waals surface area (Å²) in [6, 6.07) is 13.6. The SMILES string of the molecule is O=C(COc1ccc(Cl)cc1)c1ccccc1C(=O)N1CCOCC1. The van der Waals surface area contributed by atoms with E-state index >= 15 is 0 Å². The number of hydrogen-bond acceptors (Lipinski definition) is 4. The smallest absolute Gasteiger partial charge is 0.254 e. The number of benzene rings is 2. The van der Waals surface area contributed by atoms with Crippen LogP contribution in [-0.2, 0) is 4.74 Å². The summed E-state index contributed by atoms with van der Waals surface area (Å²) in [5.74, 6) is 0.153. The normalized spacial score (nSPS) is 14.2. The molecule has 1 aliphatic heterocycles. The van der Waals surface area contributed by atoms with Crippen LogP contribution in [0, 0.1) is 0 Å². The van der Waals surface area contributed by atoms with Gasteiger partial charge in [0.05, 0.1) is 18.8 Å². The molecule has 0 aromatic heterocycles. The highest BCUT2D eigenvalue weighted by Crippen LogP contribution is 2.17. The van der Waals surface area contributed by atoms with Gasteiger partial charge in [-0.05, 0) is 30.3 Å². The predicted octanol–water partition coefficient (Wildman–Crippen LogP) is 3.07. The highest BCUT2D eigenvalue weighted by molar-refractivity contribution is 6.30. The summed E-state index contributed by atoms with van der Waals surface area (Å²) in [4.78, 5) is 26.9. The highest BCUT2D eigenvalue weighted by Gasteiger charge is 2.23. The summed E-state index contributed by atoms with van der Waals surface area (Å²) in [5, 5.41) is 0.597. The van der Waals surface area contributed by atoms with Crippen LogP contribution in [0.1, 0.15) is 20.7 Å². The first kappa shape index (κ1) is 17.5. The number of nitrogens with zero attached hydrogens (tertiary/aromatic N) is 1. The summed E-state index contributed by atoms with van der Waals surface area (Å²) in [5.41, 5.74) is 0.766. The molecule has 0 N–H and O–H groups in total. The van der Waals surface area contributed by atoms with E-state index in [0.717, 1.165) is 0 Å². The molecule has 2 aromatic rings. The number of ketones is 1. The zero-order valence-corrected chi connectivity index (χ0v) is 14.4. The molecule has 6 heteroatoms. The number of halogens is 1. The molecule has 2 aromatic carbocycles. The second-order valence-electron chi connectivity index (χ2n) is 5.62. The van der Waals surface area contributed by atoms with E-state index < -0.39 is 0 Å². The Balaban J connectivity index is 1.71. The standard InChI is InChI=1S/C19H18ClNO4/c20-14-5-7-15(8-6-14)25-13-18(22)16-3-1-2-4-17(16)19(23)21-9-11-24-12-10-21/h1-8H,9-13H2. The van der Waals surface area contributed by atoms with Crippen molar-refractivity contribution in [2.75, 3.05) is 32.9 Å². The van der Waals surface area contributed by atoms with Crippen molar-refractivity contribution >= 4 is 23.3 Å². The quantitative estimate of drug-likeness (QED) is 0.770. The molecule has 1 amide bonds. The fourth-order valence-corrected chi connectivity index (χ4v) is 2.73. The van der Waals surface area contributed by atoms with E-state index in [-0.39, 0.29) is 18.3 Å². The van der Waals surface area contributed by atoms with Crippen LogP contribution in [0.15, 0.2) is 48.5 Å². The first-order chi connectivity index (χ1) is 12.1. The maximum absolute atomic E-state index is 12.7. The molecule has 0 aliphatic carbocycles. The van der Waals surface area contributed by atoms with Crippen molar-refractivity contribution in [1.29, 1.82) is 0 Å². The summed E-state index contributed by atoms with van der Waals surface area (Å²) >= 11 is 5.83. The van der Waals surface area contributed by atoms with E-state index in [9.17, 15) is 9.59 Å². The second kappa shape index (κ2) is 8.14. The molecule has 1 heterocycles. The zero-order valence-electron chi connectivity index (χ0n) is 13.6. The van der Waals surface area contributed by atoms with Gasteiger partial charge in [-0.15, -0.1) is 0 Å². The van der Waals surface area contributed by atoms with Crippen LogP contribution in [-0.4, -0.2) is 49.5 Å². The van der Waals surface area contributed by atoms with Crippen LogP contribution in [0.2, 0.25) is 5.02 Å². The van der Waals surface area contributed by atoms with Crippen LogP contribution >= 0.6 is 11.6 Å². The minimum Gasteiger partial charge on any atom is -0.485 e. The van der Waals surface area contributed by atoms with E-state index in [1.807, 2.05) is 0 Å². The molecule has 0 bridgehead atoms. The van der Waals surface area contributed by atoms with Crippen molar-refractivity contribution < 1.29 is 19.1 Å². The van der Waals surface area contributed by atoms with Crippen molar-refractivity contribution in [3.8, 4) is 5.75 Å². The average molecular weight is 360 g/mol. The van der Waals surface area contributed by atoms with Gasteiger partial charge in [-0.1, -0.05) is 29.8 Å². The summed E-state index contributed by atoms with van der Waals surface area (Å²) < 4.78 is 10.8. The van der Waals surface area contributed by atoms with E-state index in [0.29, 0.717) is 48.2 Å². The van der Waals surface area contributed by atoms with Crippen LogP contribution in [0.5, 0.6) is 5.75 Å². The molecule has 5 nitrogen and oxygen atoms in total. The van der Waals surface area contributed by atoms with Gasteiger partial charge in [0.15, 0.2) is 6.61 Å². The number of Topliss-reactive ketones (excluding diaryl/α,β-unsaturated/α-hetero) is 1. The molecule has 130 valence electrons. The minimum atomic E-state index is -0.243. The predicted molar refractivity (Wildman–Crippen MR) is 94.4 cm³/mol. The molecule has 0 spiro atoms. The second-order valence-corrected chi connectivity index (χ2v) is 6.05. The van der Waals surface area contributed by atoms with E-state index in [1.165, 1.54) is 0 Å². The number of carbonyl (C=O) groups excluding carboxylic acids is 2. The molecule has 1 saturated heterocycles. The Labute approximate surface area is 151 Å². The van der Waals surface area contributed by atoms with Gasteiger partial charge in [-0.2, -0.15) is 0 Å². The van der Waals surface area contributed by atoms with Gasteiger partial charge in [0.2, 0.25) is 5.78 Å². The van der Waals surface area contributed by atoms with Crippen molar-refractivity contribution in [2.24, 2.45) is 0 Å². The highest BCUT2D eigenvalue weighted by atomic mass is 35.5. The third-order valence-corrected chi connectivity index (χ3v) is 4.19. The molecule has 3 rings (SSSR count). The minimum absolute atomic E-state index is 0.144. The largest absolute Gasteiger partial charge is 0.485 e. The van der Waals surface area contributed by atoms with Gasteiger partial charge in [0.1, 0.15) is 5.75 Å². The number of hydrogen-bond donors (Lipinski definition) is 0. The number of rotatable bonds is 5. The molecule has 0 atom stereocenters. The molecule has 0 radical (unpaired) electrons. The molecular weight excluding hydrogens is 342 g/mol. The molecular formula is C19H18ClNO4. The Morgan fingerprint density at radius 2 is 1.64 bits per heavy atom. The summed E-state index contributed by atoms with van der Waals surface area (Å²) in [7, 11) is 0. The van der Waals surface area contributed by atoms with Crippen LogP contribution in [0.25, 0.3) is 0 Å².